The summed E-state index contributed by atoms with van der Waals surface area (Å²) in [5, 5.41) is 12.4. The van der Waals surface area contributed by atoms with Gasteiger partial charge in [-0.15, -0.1) is 10.2 Å². The van der Waals surface area contributed by atoms with Crippen LogP contribution in [0.15, 0.2) is 59.8 Å². The van der Waals surface area contributed by atoms with Crippen molar-refractivity contribution in [1.82, 2.24) is 20.1 Å². The van der Waals surface area contributed by atoms with E-state index >= 15 is 0 Å². The highest BCUT2D eigenvalue weighted by atomic mass is 32.2. The van der Waals surface area contributed by atoms with Crippen LogP contribution < -0.4 is 5.32 Å². The summed E-state index contributed by atoms with van der Waals surface area (Å²) in [4.78, 5) is 12.0. The van der Waals surface area contributed by atoms with Gasteiger partial charge < -0.3 is 5.32 Å². The molecule has 0 bridgehead atoms. The molecule has 0 spiro atoms. The molecule has 0 aliphatic rings. The molecular formula is C21H24N4OS. The number of nitrogens with one attached hydrogen (secondary N) is 1. The van der Waals surface area contributed by atoms with Crippen LogP contribution in [0.3, 0.4) is 0 Å². The molecule has 2 aromatic carbocycles. The largest absolute Gasteiger partial charge is 0.353 e. The van der Waals surface area contributed by atoms with Gasteiger partial charge in [-0.05, 0) is 44.0 Å². The van der Waals surface area contributed by atoms with Gasteiger partial charge in [-0.1, -0.05) is 54.2 Å². The molecule has 1 aromatic heterocycles. The number of hydrogen-bond donors (Lipinski definition) is 1. The molecule has 0 saturated heterocycles. The first-order valence-electron chi connectivity index (χ1n) is 9.00. The Morgan fingerprint density at radius 2 is 1.89 bits per heavy atom. The number of rotatable bonds is 7. The smallest absolute Gasteiger partial charge is 0.230 e. The van der Waals surface area contributed by atoms with Gasteiger partial charge in [0.05, 0.1) is 5.75 Å². The molecule has 27 heavy (non-hydrogen) atoms. The van der Waals surface area contributed by atoms with Crippen LogP contribution in [0.5, 0.6) is 0 Å². The highest BCUT2D eigenvalue weighted by Crippen LogP contribution is 2.24. The first-order valence-corrected chi connectivity index (χ1v) is 9.99. The standard InChI is InChI=1S/C21H24N4OS/c1-15(2)22-20(26)14-27-21-24-23-19(13-17-9-5-4-6-10-17)25(21)18-11-7-8-16(3)12-18/h4-12,15H,13-14H2,1-3H3,(H,22,26). The number of aromatic nitrogens is 3. The van der Waals surface area contributed by atoms with Gasteiger partial charge in [-0.25, -0.2) is 0 Å². The van der Waals surface area contributed by atoms with E-state index < -0.39 is 0 Å². The van der Waals surface area contributed by atoms with Crippen molar-refractivity contribution >= 4 is 17.7 Å². The molecule has 3 aromatic rings. The molecule has 1 N–H and O–H groups in total. The Morgan fingerprint density at radius 3 is 2.59 bits per heavy atom. The Balaban J connectivity index is 1.90. The van der Waals surface area contributed by atoms with E-state index in [2.05, 4.69) is 46.7 Å². The van der Waals surface area contributed by atoms with Gasteiger partial charge in [0, 0.05) is 18.2 Å². The number of carbonyl (C=O) groups excluding carboxylic acids is 1. The maximum absolute atomic E-state index is 12.0. The molecule has 1 heterocycles. The van der Waals surface area contributed by atoms with E-state index in [9.17, 15) is 4.79 Å². The van der Waals surface area contributed by atoms with E-state index in [0.29, 0.717) is 12.2 Å². The van der Waals surface area contributed by atoms with Crippen LogP contribution in [0.4, 0.5) is 0 Å². The fraction of sp³-hybridized carbons (Fsp3) is 0.286. The number of thioether (sulfide) groups is 1. The number of amides is 1. The van der Waals surface area contributed by atoms with Gasteiger partial charge in [-0.2, -0.15) is 0 Å². The van der Waals surface area contributed by atoms with Crippen molar-refractivity contribution in [2.75, 3.05) is 5.75 Å². The predicted molar refractivity (Wildman–Crippen MR) is 109 cm³/mol. The lowest BCUT2D eigenvalue weighted by molar-refractivity contribution is -0.119. The summed E-state index contributed by atoms with van der Waals surface area (Å²) in [6, 6.07) is 18.6. The zero-order valence-corrected chi connectivity index (χ0v) is 16.7. The number of benzene rings is 2. The third kappa shape index (κ3) is 5.20. The molecular weight excluding hydrogens is 356 g/mol. The lowest BCUT2D eigenvalue weighted by Gasteiger charge is -2.12. The van der Waals surface area contributed by atoms with Crippen molar-refractivity contribution < 1.29 is 4.79 Å². The first-order chi connectivity index (χ1) is 13.0. The SMILES string of the molecule is Cc1cccc(-n2c(Cc3ccccc3)nnc2SCC(=O)NC(C)C)c1. The molecule has 0 aliphatic heterocycles. The third-order valence-corrected chi connectivity index (χ3v) is 4.88. The van der Waals surface area contributed by atoms with Crippen LogP contribution >= 0.6 is 11.8 Å². The van der Waals surface area contributed by atoms with E-state index in [-0.39, 0.29) is 11.9 Å². The molecule has 140 valence electrons. The summed E-state index contributed by atoms with van der Waals surface area (Å²) in [6.07, 6.45) is 0.681. The molecule has 1 amide bonds. The van der Waals surface area contributed by atoms with Crippen molar-refractivity contribution in [2.45, 2.75) is 38.4 Å². The number of nitrogens with zero attached hydrogens (tertiary/aromatic N) is 3. The van der Waals surface area contributed by atoms with Crippen molar-refractivity contribution in [3.63, 3.8) is 0 Å². The van der Waals surface area contributed by atoms with E-state index in [4.69, 9.17) is 0 Å². The van der Waals surface area contributed by atoms with Gasteiger partial charge in [0.2, 0.25) is 5.91 Å². The maximum Gasteiger partial charge on any atom is 0.230 e. The highest BCUT2D eigenvalue weighted by molar-refractivity contribution is 7.99. The van der Waals surface area contributed by atoms with E-state index in [1.807, 2.05) is 48.7 Å². The quantitative estimate of drug-likeness (QED) is 0.634. The number of carbonyl (C=O) groups is 1. The lowest BCUT2D eigenvalue weighted by Crippen LogP contribution is -2.31. The van der Waals surface area contributed by atoms with Crippen LogP contribution in [0.2, 0.25) is 0 Å². The Bertz CT molecular complexity index is 906. The van der Waals surface area contributed by atoms with Crippen molar-refractivity contribution in [3.8, 4) is 5.69 Å². The maximum atomic E-state index is 12.0. The second kappa shape index (κ2) is 8.86. The highest BCUT2D eigenvalue weighted by Gasteiger charge is 2.16. The first kappa shape index (κ1) is 19.2. The topological polar surface area (TPSA) is 59.8 Å². The summed E-state index contributed by atoms with van der Waals surface area (Å²) in [5.74, 6) is 1.17. The molecule has 6 heteroatoms. The van der Waals surface area contributed by atoms with E-state index in [1.54, 1.807) is 0 Å². The van der Waals surface area contributed by atoms with Crippen molar-refractivity contribution in [2.24, 2.45) is 0 Å². The van der Waals surface area contributed by atoms with Crippen LogP contribution in [0.25, 0.3) is 5.69 Å². The lowest BCUT2D eigenvalue weighted by atomic mass is 10.1. The summed E-state index contributed by atoms with van der Waals surface area (Å²) in [6.45, 7) is 5.97. The molecule has 5 nitrogen and oxygen atoms in total. The van der Waals surface area contributed by atoms with Gasteiger partial charge in [-0.3, -0.25) is 9.36 Å². The van der Waals surface area contributed by atoms with E-state index in [0.717, 1.165) is 16.7 Å². The zero-order chi connectivity index (χ0) is 19.2. The molecule has 3 rings (SSSR count). The monoisotopic (exact) mass is 380 g/mol. The van der Waals surface area contributed by atoms with Gasteiger partial charge in [0.1, 0.15) is 5.82 Å². The van der Waals surface area contributed by atoms with Crippen LogP contribution in [-0.4, -0.2) is 32.5 Å². The third-order valence-electron chi connectivity index (χ3n) is 3.95. The normalized spacial score (nSPS) is 11.0. The van der Waals surface area contributed by atoms with Crippen molar-refractivity contribution in [1.29, 1.82) is 0 Å². The Hall–Kier alpha value is -2.60. The molecule has 0 aliphatic carbocycles. The summed E-state index contributed by atoms with van der Waals surface area (Å²) < 4.78 is 2.05. The Labute approximate surface area is 164 Å². The van der Waals surface area contributed by atoms with Crippen LogP contribution in [-0.2, 0) is 11.2 Å². The Morgan fingerprint density at radius 1 is 1.11 bits per heavy atom. The second-order valence-electron chi connectivity index (χ2n) is 6.75. The zero-order valence-electron chi connectivity index (χ0n) is 15.8. The fourth-order valence-electron chi connectivity index (χ4n) is 2.81. The molecule has 0 saturated carbocycles. The second-order valence-corrected chi connectivity index (χ2v) is 7.69. The molecule has 0 fully saturated rings. The minimum atomic E-state index is -0.00148. The Kier molecular flexibility index (Phi) is 6.29. The minimum absolute atomic E-state index is 0.00148. The van der Waals surface area contributed by atoms with Gasteiger partial charge in [0.25, 0.3) is 0 Å². The van der Waals surface area contributed by atoms with Crippen LogP contribution in [0.1, 0.15) is 30.8 Å². The number of aryl methyl sites for hydroxylation is 1. The molecule has 0 unspecified atom stereocenters. The predicted octanol–water partition coefficient (Wildman–Crippen LogP) is 3.78. The van der Waals surface area contributed by atoms with Crippen LogP contribution in [0, 0.1) is 6.92 Å². The minimum Gasteiger partial charge on any atom is -0.353 e. The average Bonchev–Trinajstić information content (AvgIpc) is 3.03. The summed E-state index contributed by atoms with van der Waals surface area (Å²) in [5.41, 5.74) is 3.35. The van der Waals surface area contributed by atoms with Gasteiger partial charge in [0.15, 0.2) is 5.16 Å². The number of hydrogen-bond acceptors (Lipinski definition) is 4. The van der Waals surface area contributed by atoms with E-state index in [1.165, 1.54) is 22.9 Å². The molecule has 0 radical (unpaired) electrons. The fourth-order valence-corrected chi connectivity index (χ4v) is 3.59. The summed E-state index contributed by atoms with van der Waals surface area (Å²) in [7, 11) is 0. The van der Waals surface area contributed by atoms with Gasteiger partial charge >= 0.3 is 0 Å². The summed E-state index contributed by atoms with van der Waals surface area (Å²) >= 11 is 1.41. The molecule has 0 atom stereocenters. The van der Waals surface area contributed by atoms with Crippen molar-refractivity contribution in [3.05, 3.63) is 71.5 Å². The average molecular weight is 381 g/mol.